The fourth-order valence-corrected chi connectivity index (χ4v) is 4.40. The van der Waals surface area contributed by atoms with Crippen LogP contribution in [0.1, 0.15) is 37.8 Å². The van der Waals surface area contributed by atoms with Crippen LogP contribution in [0.25, 0.3) is 0 Å². The summed E-state index contributed by atoms with van der Waals surface area (Å²) in [6.07, 6.45) is 2.41. The number of carboxylic acid groups (broad SMARTS) is 1. The van der Waals surface area contributed by atoms with Gasteiger partial charge in [-0.1, -0.05) is 54.0 Å². The minimum absolute atomic E-state index is 0.0995. The van der Waals surface area contributed by atoms with E-state index < -0.39 is 24.2 Å². The summed E-state index contributed by atoms with van der Waals surface area (Å²) >= 11 is 6.85. The normalized spacial score (nSPS) is 13.8. The molecule has 158 valence electrons. The van der Waals surface area contributed by atoms with Crippen molar-refractivity contribution in [3.8, 4) is 0 Å². The lowest BCUT2D eigenvalue weighted by Gasteiger charge is -2.23. The third-order valence-corrected chi connectivity index (χ3v) is 5.97. The molecule has 0 bridgehead atoms. The van der Waals surface area contributed by atoms with E-state index >= 15 is 0 Å². The van der Waals surface area contributed by atoms with Crippen LogP contribution in [0, 0.1) is 5.92 Å². The Bertz CT molecular complexity index is 957. The summed E-state index contributed by atoms with van der Waals surface area (Å²) in [6, 6.07) is 8.53. The van der Waals surface area contributed by atoms with Crippen LogP contribution in [0.3, 0.4) is 0 Å². The number of carbonyl (C=O) groups excluding carboxylic acids is 3. The number of nitrogens with one attached hydrogen (secondary N) is 1. The van der Waals surface area contributed by atoms with Crippen molar-refractivity contribution in [1.29, 1.82) is 0 Å². The Hall–Kier alpha value is -2.78. The van der Waals surface area contributed by atoms with Crippen molar-refractivity contribution in [3.05, 3.63) is 40.4 Å². The molecule has 0 saturated heterocycles. The van der Waals surface area contributed by atoms with Crippen LogP contribution in [0.2, 0.25) is 4.34 Å². The van der Waals surface area contributed by atoms with Crippen molar-refractivity contribution in [2.24, 2.45) is 5.92 Å². The number of hydrogen-bond donors (Lipinski definition) is 2. The van der Waals surface area contributed by atoms with E-state index in [0.29, 0.717) is 5.69 Å². The zero-order valence-corrected chi connectivity index (χ0v) is 17.5. The molecule has 2 aromatic rings. The lowest BCUT2D eigenvalue weighted by atomic mass is 10.1. The van der Waals surface area contributed by atoms with Crippen molar-refractivity contribution < 1.29 is 24.3 Å². The van der Waals surface area contributed by atoms with Crippen molar-refractivity contribution in [2.45, 2.75) is 38.5 Å². The predicted octanol–water partition coefficient (Wildman–Crippen LogP) is 3.50. The monoisotopic (exact) mass is 449 g/mol. The van der Waals surface area contributed by atoms with Crippen LogP contribution < -0.4 is 10.2 Å². The predicted molar refractivity (Wildman–Crippen MR) is 113 cm³/mol. The molecule has 1 aliphatic carbocycles. The number of thiazole rings is 1. The number of carboxylic acids is 1. The minimum atomic E-state index is -1.10. The molecule has 1 saturated carbocycles. The van der Waals surface area contributed by atoms with Crippen molar-refractivity contribution >= 4 is 57.4 Å². The number of amides is 3. The van der Waals surface area contributed by atoms with Gasteiger partial charge in [-0.15, -0.1) is 0 Å². The number of carbonyl (C=O) groups is 4. The summed E-state index contributed by atoms with van der Waals surface area (Å²) in [7, 11) is 0. The van der Waals surface area contributed by atoms with E-state index in [-0.39, 0.29) is 33.4 Å². The van der Waals surface area contributed by atoms with Crippen LogP contribution in [0.15, 0.2) is 30.3 Å². The Morgan fingerprint density at radius 1 is 1.17 bits per heavy atom. The van der Waals surface area contributed by atoms with Gasteiger partial charge in [-0.2, -0.15) is 0 Å². The number of aromatic nitrogens is 1. The van der Waals surface area contributed by atoms with E-state index in [9.17, 15) is 19.2 Å². The van der Waals surface area contributed by atoms with E-state index in [1.54, 1.807) is 30.3 Å². The molecule has 0 atom stereocenters. The van der Waals surface area contributed by atoms with Crippen LogP contribution >= 0.6 is 22.9 Å². The number of halogens is 1. The summed E-state index contributed by atoms with van der Waals surface area (Å²) in [6.45, 7) is 0. The van der Waals surface area contributed by atoms with Gasteiger partial charge in [-0.3, -0.25) is 19.2 Å². The fraction of sp³-hybridized carbons (Fsp3) is 0.350. The molecule has 1 fully saturated rings. The van der Waals surface area contributed by atoms with Gasteiger partial charge in [0.2, 0.25) is 17.7 Å². The average molecular weight is 450 g/mol. The first kappa shape index (κ1) is 21.9. The number of rotatable bonds is 7. The molecule has 3 rings (SSSR count). The lowest BCUT2D eigenvalue weighted by molar-refractivity contribution is -0.136. The lowest BCUT2D eigenvalue weighted by Crippen LogP contribution is -2.41. The number of anilines is 2. The van der Waals surface area contributed by atoms with Gasteiger partial charge < -0.3 is 10.4 Å². The van der Waals surface area contributed by atoms with Crippen molar-refractivity contribution in [3.63, 3.8) is 0 Å². The van der Waals surface area contributed by atoms with Crippen molar-refractivity contribution in [1.82, 2.24) is 4.98 Å². The number of nitrogens with zero attached hydrogens (tertiary/aromatic N) is 2. The number of imide groups is 1. The van der Waals surface area contributed by atoms with Gasteiger partial charge in [-0.25, -0.2) is 9.88 Å². The molecule has 0 spiro atoms. The zero-order chi connectivity index (χ0) is 21.7. The van der Waals surface area contributed by atoms with Crippen LogP contribution in [0.5, 0.6) is 0 Å². The molecule has 0 aliphatic heterocycles. The van der Waals surface area contributed by atoms with E-state index in [0.717, 1.165) is 41.9 Å². The number of benzene rings is 1. The minimum Gasteiger partial charge on any atom is -0.481 e. The Kier molecular flexibility index (Phi) is 7.17. The Morgan fingerprint density at radius 3 is 2.47 bits per heavy atom. The molecule has 10 heteroatoms. The molecule has 0 radical (unpaired) electrons. The van der Waals surface area contributed by atoms with E-state index in [1.807, 2.05) is 0 Å². The summed E-state index contributed by atoms with van der Waals surface area (Å²) in [5, 5.41) is 11.4. The zero-order valence-electron chi connectivity index (χ0n) is 16.0. The largest absolute Gasteiger partial charge is 0.481 e. The second-order valence-corrected chi connectivity index (χ2v) is 8.52. The Labute approximate surface area is 181 Å². The number of hydrogen-bond acceptors (Lipinski definition) is 6. The quantitative estimate of drug-likeness (QED) is 0.625. The van der Waals surface area contributed by atoms with Gasteiger partial charge in [0.15, 0.2) is 5.13 Å². The second kappa shape index (κ2) is 9.82. The molecular formula is C20H20ClN3O5S. The third-order valence-electron chi connectivity index (χ3n) is 4.72. The van der Waals surface area contributed by atoms with E-state index in [4.69, 9.17) is 16.7 Å². The molecule has 1 heterocycles. The van der Waals surface area contributed by atoms with Gasteiger partial charge in [0, 0.05) is 5.92 Å². The maximum Gasteiger partial charge on any atom is 0.309 e. The standard InChI is InChI=1S/C20H20ClN3O5S/c21-18-14(10-17(27)28)22-20(30-18)23-15(25)11-16(26)24(13-8-2-1-3-9-13)19(29)12-6-4-5-7-12/h1-3,8-9,12H,4-7,10-11H2,(H,27,28)(H,22,23,25). The molecule has 1 aliphatic rings. The topological polar surface area (TPSA) is 117 Å². The highest BCUT2D eigenvalue weighted by Crippen LogP contribution is 2.30. The molecule has 1 aromatic carbocycles. The first-order valence-electron chi connectivity index (χ1n) is 9.44. The molecule has 2 N–H and O–H groups in total. The first-order chi connectivity index (χ1) is 14.3. The summed E-state index contributed by atoms with van der Waals surface area (Å²) < 4.78 is 0.154. The maximum absolute atomic E-state index is 13.0. The number of para-hydroxylation sites is 1. The molecule has 1 aromatic heterocycles. The van der Waals surface area contributed by atoms with Gasteiger partial charge in [0.25, 0.3) is 0 Å². The highest BCUT2D eigenvalue weighted by molar-refractivity contribution is 7.19. The second-order valence-electron chi connectivity index (χ2n) is 6.92. The first-order valence-corrected chi connectivity index (χ1v) is 10.6. The van der Waals surface area contributed by atoms with Gasteiger partial charge in [0.1, 0.15) is 10.8 Å². The van der Waals surface area contributed by atoms with Crippen LogP contribution in [0.4, 0.5) is 10.8 Å². The van der Waals surface area contributed by atoms with Gasteiger partial charge in [0.05, 0.1) is 17.8 Å². The Morgan fingerprint density at radius 2 is 1.83 bits per heavy atom. The SMILES string of the molecule is O=C(O)Cc1nc(NC(=O)CC(=O)N(C(=O)C2CCCC2)c2ccccc2)sc1Cl. The summed E-state index contributed by atoms with van der Waals surface area (Å²) in [5.41, 5.74) is 0.561. The van der Waals surface area contributed by atoms with E-state index in [1.165, 1.54) is 0 Å². The molecular weight excluding hydrogens is 430 g/mol. The molecule has 3 amide bonds. The van der Waals surface area contributed by atoms with Crippen LogP contribution in [-0.4, -0.2) is 33.8 Å². The summed E-state index contributed by atoms with van der Waals surface area (Å²) in [5.74, 6) is -2.92. The average Bonchev–Trinajstić information content (AvgIpc) is 3.33. The summed E-state index contributed by atoms with van der Waals surface area (Å²) in [4.78, 5) is 54.1. The smallest absolute Gasteiger partial charge is 0.309 e. The van der Waals surface area contributed by atoms with Crippen molar-refractivity contribution in [2.75, 3.05) is 10.2 Å². The van der Waals surface area contributed by atoms with Gasteiger partial charge in [-0.05, 0) is 25.0 Å². The fourth-order valence-electron chi connectivity index (χ4n) is 3.35. The van der Waals surface area contributed by atoms with Gasteiger partial charge >= 0.3 is 5.97 Å². The molecule has 30 heavy (non-hydrogen) atoms. The molecule has 8 nitrogen and oxygen atoms in total. The Balaban J connectivity index is 1.71. The third kappa shape index (κ3) is 5.43. The highest BCUT2D eigenvalue weighted by Gasteiger charge is 2.32. The highest BCUT2D eigenvalue weighted by atomic mass is 35.5. The van der Waals surface area contributed by atoms with Crippen LogP contribution in [-0.2, 0) is 25.6 Å². The number of aliphatic carboxylic acids is 1. The molecule has 0 unspecified atom stereocenters. The van der Waals surface area contributed by atoms with E-state index in [2.05, 4.69) is 10.3 Å². The maximum atomic E-state index is 13.0.